The first-order chi connectivity index (χ1) is 9.06. The lowest BCUT2D eigenvalue weighted by atomic mass is 9.83. The lowest BCUT2D eigenvalue weighted by Crippen LogP contribution is -2.58. The van der Waals surface area contributed by atoms with Gasteiger partial charge in [-0.2, -0.15) is 0 Å². The molecule has 0 aromatic heterocycles. The van der Waals surface area contributed by atoms with Crippen LogP contribution >= 0.6 is 0 Å². The van der Waals surface area contributed by atoms with E-state index in [9.17, 15) is 4.79 Å². The minimum Gasteiger partial charge on any atom is -0.383 e. The van der Waals surface area contributed by atoms with Crippen molar-refractivity contribution in [1.29, 1.82) is 0 Å². The van der Waals surface area contributed by atoms with E-state index < -0.39 is 5.54 Å². The zero-order valence-corrected chi connectivity index (χ0v) is 12.6. The zero-order valence-electron chi connectivity index (χ0n) is 12.6. The maximum Gasteiger partial charge on any atom is 0.238 e. The van der Waals surface area contributed by atoms with Gasteiger partial charge >= 0.3 is 0 Å². The maximum atomic E-state index is 11.9. The molecule has 0 spiro atoms. The van der Waals surface area contributed by atoms with Gasteiger partial charge in [0.25, 0.3) is 0 Å². The van der Waals surface area contributed by atoms with Gasteiger partial charge in [-0.25, -0.2) is 0 Å². The van der Waals surface area contributed by atoms with Crippen LogP contribution in [0.3, 0.4) is 0 Å². The Morgan fingerprint density at radius 1 is 1.53 bits per heavy atom. The van der Waals surface area contributed by atoms with Crippen molar-refractivity contribution in [3.05, 3.63) is 0 Å². The fourth-order valence-electron chi connectivity index (χ4n) is 3.16. The Bertz CT molecular complexity index is 286. The normalized spacial score (nSPS) is 27.1. The Balaban J connectivity index is 2.53. The third-order valence-corrected chi connectivity index (χ3v) is 4.29. The monoisotopic (exact) mass is 271 g/mol. The van der Waals surface area contributed by atoms with Gasteiger partial charge < -0.3 is 20.7 Å². The van der Waals surface area contributed by atoms with Crippen LogP contribution in [0.25, 0.3) is 0 Å². The molecule has 19 heavy (non-hydrogen) atoms. The second-order valence-electron chi connectivity index (χ2n) is 5.54. The van der Waals surface area contributed by atoms with Crippen LogP contribution < -0.4 is 11.1 Å². The van der Waals surface area contributed by atoms with Crippen molar-refractivity contribution in [1.82, 2.24) is 10.2 Å². The highest BCUT2D eigenvalue weighted by Gasteiger charge is 2.46. The maximum absolute atomic E-state index is 11.9. The van der Waals surface area contributed by atoms with Gasteiger partial charge in [-0.3, -0.25) is 4.79 Å². The van der Waals surface area contributed by atoms with E-state index in [1.807, 2.05) is 6.92 Å². The van der Waals surface area contributed by atoms with Crippen LogP contribution in [0.15, 0.2) is 0 Å². The molecule has 5 nitrogen and oxygen atoms in total. The number of hydrogen-bond donors (Lipinski definition) is 2. The van der Waals surface area contributed by atoms with Crippen molar-refractivity contribution in [2.24, 2.45) is 11.7 Å². The molecule has 0 bridgehead atoms. The third-order valence-electron chi connectivity index (χ3n) is 4.29. The standard InChI is InChI=1S/C14H29N3O2/c1-4-16-14(13(15)18)8-5-6-12(14)7-9-17(2)10-11-19-3/h12,16H,4-11H2,1-3H3,(H2,15,18). The fraction of sp³-hybridized carbons (Fsp3) is 0.929. The smallest absolute Gasteiger partial charge is 0.238 e. The van der Waals surface area contributed by atoms with Crippen LogP contribution in [0, 0.1) is 5.92 Å². The molecule has 1 aliphatic carbocycles. The molecular weight excluding hydrogens is 242 g/mol. The average Bonchev–Trinajstić information content (AvgIpc) is 2.78. The Morgan fingerprint density at radius 3 is 2.84 bits per heavy atom. The van der Waals surface area contributed by atoms with Crippen molar-refractivity contribution in [3.63, 3.8) is 0 Å². The number of nitrogens with two attached hydrogens (primary N) is 1. The lowest BCUT2D eigenvalue weighted by Gasteiger charge is -2.34. The molecule has 0 saturated heterocycles. The Labute approximate surface area is 116 Å². The Kier molecular flexibility index (Phi) is 6.75. The molecule has 0 aromatic carbocycles. The zero-order chi connectivity index (χ0) is 14.3. The van der Waals surface area contributed by atoms with Crippen LogP contribution in [-0.2, 0) is 9.53 Å². The Hall–Kier alpha value is -0.650. The largest absolute Gasteiger partial charge is 0.383 e. The lowest BCUT2D eigenvalue weighted by molar-refractivity contribution is -0.126. The van der Waals surface area contributed by atoms with Gasteiger partial charge in [0, 0.05) is 13.7 Å². The minimum absolute atomic E-state index is 0.184. The predicted octanol–water partition coefficient (Wildman–Crippen LogP) is 0.588. The molecule has 1 fully saturated rings. The number of likely N-dealkylation sites (N-methyl/N-ethyl adjacent to an activating group) is 2. The molecule has 0 radical (unpaired) electrons. The van der Waals surface area contributed by atoms with E-state index >= 15 is 0 Å². The van der Waals surface area contributed by atoms with Crippen molar-refractivity contribution >= 4 is 5.91 Å². The molecule has 112 valence electrons. The van der Waals surface area contributed by atoms with Crippen molar-refractivity contribution in [3.8, 4) is 0 Å². The topological polar surface area (TPSA) is 67.6 Å². The molecule has 5 heteroatoms. The predicted molar refractivity (Wildman–Crippen MR) is 76.9 cm³/mol. The van der Waals surface area contributed by atoms with Gasteiger partial charge in [0.05, 0.1) is 6.61 Å². The first kappa shape index (κ1) is 16.4. The fourth-order valence-corrected chi connectivity index (χ4v) is 3.16. The SMILES string of the molecule is CCNC1(C(N)=O)CCCC1CCN(C)CCOC. The highest BCUT2D eigenvalue weighted by atomic mass is 16.5. The van der Waals surface area contributed by atoms with Gasteiger partial charge in [-0.05, 0) is 45.3 Å². The molecule has 1 amide bonds. The van der Waals surface area contributed by atoms with Crippen molar-refractivity contribution in [2.75, 3.05) is 40.4 Å². The van der Waals surface area contributed by atoms with Gasteiger partial charge in [-0.1, -0.05) is 13.3 Å². The molecule has 1 saturated carbocycles. The molecule has 2 unspecified atom stereocenters. The van der Waals surface area contributed by atoms with Gasteiger partial charge in [0.15, 0.2) is 0 Å². The number of amides is 1. The quantitative estimate of drug-likeness (QED) is 0.644. The summed E-state index contributed by atoms with van der Waals surface area (Å²) >= 11 is 0. The van der Waals surface area contributed by atoms with Crippen LogP contribution in [0.5, 0.6) is 0 Å². The Morgan fingerprint density at radius 2 is 2.26 bits per heavy atom. The number of carbonyl (C=O) groups is 1. The van der Waals surface area contributed by atoms with Gasteiger partial charge in [0.1, 0.15) is 5.54 Å². The van der Waals surface area contributed by atoms with Crippen LogP contribution in [0.1, 0.15) is 32.6 Å². The van der Waals surface area contributed by atoms with Gasteiger partial charge in [0.2, 0.25) is 5.91 Å². The number of hydrogen-bond acceptors (Lipinski definition) is 4. The van der Waals surface area contributed by atoms with E-state index in [2.05, 4.69) is 17.3 Å². The first-order valence-electron chi connectivity index (χ1n) is 7.29. The molecule has 1 aliphatic rings. The van der Waals surface area contributed by atoms with E-state index in [0.717, 1.165) is 51.9 Å². The second-order valence-corrected chi connectivity index (χ2v) is 5.54. The summed E-state index contributed by atoms with van der Waals surface area (Å²) in [6, 6.07) is 0. The van der Waals surface area contributed by atoms with Crippen molar-refractivity contribution < 1.29 is 9.53 Å². The molecule has 0 heterocycles. The summed E-state index contributed by atoms with van der Waals surface area (Å²) in [5, 5.41) is 3.36. The number of rotatable bonds is 9. The first-order valence-corrected chi connectivity index (χ1v) is 7.29. The summed E-state index contributed by atoms with van der Waals surface area (Å²) in [5.74, 6) is 0.173. The summed E-state index contributed by atoms with van der Waals surface area (Å²) in [7, 11) is 3.81. The van der Waals surface area contributed by atoms with E-state index in [4.69, 9.17) is 10.5 Å². The number of ether oxygens (including phenoxy) is 1. The number of methoxy groups -OCH3 is 1. The highest BCUT2D eigenvalue weighted by molar-refractivity contribution is 5.85. The van der Waals surface area contributed by atoms with Crippen LogP contribution in [0.2, 0.25) is 0 Å². The average molecular weight is 271 g/mol. The summed E-state index contributed by atoms with van der Waals surface area (Å²) in [6.07, 6.45) is 4.06. The van der Waals surface area contributed by atoms with Gasteiger partial charge in [-0.15, -0.1) is 0 Å². The highest BCUT2D eigenvalue weighted by Crippen LogP contribution is 2.37. The summed E-state index contributed by atoms with van der Waals surface area (Å²) in [4.78, 5) is 14.1. The number of carbonyl (C=O) groups excluding carboxylic acids is 1. The van der Waals surface area contributed by atoms with Crippen molar-refractivity contribution in [2.45, 2.75) is 38.1 Å². The second kappa shape index (κ2) is 7.82. The van der Waals surface area contributed by atoms with E-state index in [1.54, 1.807) is 7.11 Å². The number of nitrogens with one attached hydrogen (secondary N) is 1. The minimum atomic E-state index is -0.475. The molecule has 2 atom stereocenters. The van der Waals surface area contributed by atoms with Crippen LogP contribution in [0.4, 0.5) is 0 Å². The van der Waals surface area contributed by atoms with E-state index in [1.165, 1.54) is 0 Å². The third kappa shape index (κ3) is 4.16. The molecule has 0 aliphatic heterocycles. The van der Waals surface area contributed by atoms with E-state index in [-0.39, 0.29) is 5.91 Å². The number of primary amides is 1. The summed E-state index contributed by atoms with van der Waals surface area (Å²) in [5.41, 5.74) is 5.19. The molecule has 0 aromatic rings. The molecular formula is C14H29N3O2. The molecule has 3 N–H and O–H groups in total. The number of nitrogens with zero attached hydrogens (tertiary/aromatic N) is 1. The summed E-state index contributed by atoms with van der Waals surface area (Å²) in [6.45, 7) is 5.47. The molecule has 1 rings (SSSR count). The van der Waals surface area contributed by atoms with Crippen LogP contribution in [-0.4, -0.2) is 56.7 Å². The summed E-state index contributed by atoms with van der Waals surface area (Å²) < 4.78 is 5.07. The van der Waals surface area contributed by atoms with E-state index in [0.29, 0.717) is 5.92 Å².